The summed E-state index contributed by atoms with van der Waals surface area (Å²) in [4.78, 5) is 0. The van der Waals surface area contributed by atoms with E-state index in [1.807, 2.05) is 10.9 Å². The SMILES string of the molecule is CCCC(N)c1cn(C(C)CC)nn1. The van der Waals surface area contributed by atoms with E-state index in [-0.39, 0.29) is 6.04 Å². The van der Waals surface area contributed by atoms with Gasteiger partial charge in [-0.1, -0.05) is 25.5 Å². The average Bonchev–Trinajstić information content (AvgIpc) is 2.66. The maximum absolute atomic E-state index is 5.94. The molecule has 0 radical (unpaired) electrons. The standard InChI is InChI=1S/C10H20N4/c1-4-6-9(11)10-7-14(13-12-10)8(3)5-2/h7-9H,4-6,11H2,1-3H3. The number of hydrogen-bond acceptors (Lipinski definition) is 3. The summed E-state index contributed by atoms with van der Waals surface area (Å²) in [5.41, 5.74) is 6.85. The van der Waals surface area contributed by atoms with Crippen molar-refractivity contribution in [2.24, 2.45) is 5.73 Å². The first-order chi connectivity index (χ1) is 6.69. The average molecular weight is 196 g/mol. The molecular weight excluding hydrogens is 176 g/mol. The second-order valence-corrected chi connectivity index (χ2v) is 3.78. The molecule has 0 aliphatic carbocycles. The number of rotatable bonds is 5. The van der Waals surface area contributed by atoms with Gasteiger partial charge in [0, 0.05) is 0 Å². The Hall–Kier alpha value is -0.900. The van der Waals surface area contributed by atoms with Gasteiger partial charge >= 0.3 is 0 Å². The van der Waals surface area contributed by atoms with Crippen molar-refractivity contribution in [3.63, 3.8) is 0 Å². The molecule has 0 aliphatic rings. The van der Waals surface area contributed by atoms with Gasteiger partial charge in [0.15, 0.2) is 0 Å². The van der Waals surface area contributed by atoms with Gasteiger partial charge in [0.2, 0.25) is 0 Å². The minimum Gasteiger partial charge on any atom is -0.323 e. The van der Waals surface area contributed by atoms with Crippen molar-refractivity contribution in [3.05, 3.63) is 11.9 Å². The van der Waals surface area contributed by atoms with Crippen molar-refractivity contribution in [1.82, 2.24) is 15.0 Å². The van der Waals surface area contributed by atoms with Gasteiger partial charge in [-0.15, -0.1) is 5.10 Å². The Labute approximate surface area is 85.5 Å². The topological polar surface area (TPSA) is 56.7 Å². The van der Waals surface area contributed by atoms with Gasteiger partial charge in [-0.25, -0.2) is 4.68 Å². The first kappa shape index (κ1) is 11.2. The first-order valence-corrected chi connectivity index (χ1v) is 5.36. The third-order valence-corrected chi connectivity index (χ3v) is 2.55. The molecule has 0 saturated carbocycles. The van der Waals surface area contributed by atoms with Crippen LogP contribution in [0.25, 0.3) is 0 Å². The quantitative estimate of drug-likeness (QED) is 0.784. The maximum atomic E-state index is 5.94. The van der Waals surface area contributed by atoms with E-state index in [9.17, 15) is 0 Å². The molecule has 2 atom stereocenters. The van der Waals surface area contributed by atoms with Crippen LogP contribution in [0.3, 0.4) is 0 Å². The molecule has 1 rings (SSSR count). The summed E-state index contributed by atoms with van der Waals surface area (Å²) >= 11 is 0. The van der Waals surface area contributed by atoms with Crippen LogP contribution in [-0.2, 0) is 0 Å². The predicted molar refractivity (Wildman–Crippen MR) is 56.9 cm³/mol. The molecule has 0 saturated heterocycles. The van der Waals surface area contributed by atoms with Gasteiger partial charge in [-0.05, 0) is 19.8 Å². The van der Waals surface area contributed by atoms with E-state index in [1.54, 1.807) is 0 Å². The number of aromatic nitrogens is 3. The summed E-state index contributed by atoms with van der Waals surface area (Å²) in [5.74, 6) is 0. The second-order valence-electron chi connectivity index (χ2n) is 3.78. The van der Waals surface area contributed by atoms with Gasteiger partial charge in [0.05, 0.1) is 24.0 Å². The zero-order valence-electron chi connectivity index (χ0n) is 9.27. The lowest BCUT2D eigenvalue weighted by Crippen LogP contribution is -2.10. The van der Waals surface area contributed by atoms with E-state index in [0.717, 1.165) is 25.0 Å². The minimum absolute atomic E-state index is 0.0396. The van der Waals surface area contributed by atoms with E-state index >= 15 is 0 Å². The fraction of sp³-hybridized carbons (Fsp3) is 0.800. The van der Waals surface area contributed by atoms with Crippen LogP contribution in [0.5, 0.6) is 0 Å². The molecule has 14 heavy (non-hydrogen) atoms. The van der Waals surface area contributed by atoms with Crippen molar-refractivity contribution in [2.75, 3.05) is 0 Å². The Morgan fingerprint density at radius 1 is 1.50 bits per heavy atom. The van der Waals surface area contributed by atoms with Crippen LogP contribution in [0.15, 0.2) is 6.20 Å². The molecule has 0 amide bonds. The molecule has 0 bridgehead atoms. The van der Waals surface area contributed by atoms with Crippen molar-refractivity contribution in [1.29, 1.82) is 0 Å². The number of nitrogens with two attached hydrogens (primary N) is 1. The summed E-state index contributed by atoms with van der Waals surface area (Å²) < 4.78 is 1.89. The fourth-order valence-electron chi connectivity index (χ4n) is 1.32. The summed E-state index contributed by atoms with van der Waals surface area (Å²) in [5, 5.41) is 8.17. The molecule has 80 valence electrons. The maximum Gasteiger partial charge on any atom is 0.0994 e. The van der Waals surface area contributed by atoms with Crippen LogP contribution in [0.4, 0.5) is 0 Å². The van der Waals surface area contributed by atoms with Crippen molar-refractivity contribution >= 4 is 0 Å². The first-order valence-electron chi connectivity index (χ1n) is 5.36. The predicted octanol–water partition coefficient (Wildman–Crippen LogP) is 2.05. The molecular formula is C10H20N4. The zero-order chi connectivity index (χ0) is 10.6. The zero-order valence-corrected chi connectivity index (χ0v) is 9.27. The highest BCUT2D eigenvalue weighted by Gasteiger charge is 2.11. The van der Waals surface area contributed by atoms with Crippen molar-refractivity contribution in [2.45, 2.75) is 52.1 Å². The molecule has 0 spiro atoms. The molecule has 4 nitrogen and oxygen atoms in total. The van der Waals surface area contributed by atoms with Gasteiger partial charge < -0.3 is 5.73 Å². The summed E-state index contributed by atoms with van der Waals surface area (Å²) in [6.45, 7) is 6.39. The Balaban J connectivity index is 2.67. The highest BCUT2D eigenvalue weighted by Crippen LogP contribution is 2.15. The van der Waals surface area contributed by atoms with Crippen LogP contribution in [-0.4, -0.2) is 15.0 Å². The minimum atomic E-state index is 0.0396. The monoisotopic (exact) mass is 196 g/mol. The smallest absolute Gasteiger partial charge is 0.0994 e. The highest BCUT2D eigenvalue weighted by atomic mass is 15.4. The lowest BCUT2D eigenvalue weighted by atomic mass is 10.1. The summed E-state index contributed by atoms with van der Waals surface area (Å²) in [6.07, 6.45) is 5.08. The fourth-order valence-corrected chi connectivity index (χ4v) is 1.32. The van der Waals surface area contributed by atoms with Crippen molar-refractivity contribution < 1.29 is 0 Å². The molecule has 1 heterocycles. The van der Waals surface area contributed by atoms with E-state index in [0.29, 0.717) is 6.04 Å². The molecule has 4 heteroatoms. The van der Waals surface area contributed by atoms with E-state index in [2.05, 4.69) is 31.1 Å². The third kappa shape index (κ3) is 2.54. The Morgan fingerprint density at radius 3 is 2.79 bits per heavy atom. The summed E-state index contributed by atoms with van der Waals surface area (Å²) in [7, 11) is 0. The number of nitrogens with zero attached hydrogens (tertiary/aromatic N) is 3. The molecule has 2 unspecified atom stereocenters. The van der Waals surface area contributed by atoms with Crippen LogP contribution < -0.4 is 5.73 Å². The Morgan fingerprint density at radius 2 is 2.21 bits per heavy atom. The highest BCUT2D eigenvalue weighted by molar-refractivity contribution is 4.99. The van der Waals surface area contributed by atoms with E-state index < -0.39 is 0 Å². The Bertz CT molecular complexity index is 269. The van der Waals surface area contributed by atoms with Crippen LogP contribution in [0.2, 0.25) is 0 Å². The number of hydrogen-bond donors (Lipinski definition) is 1. The Kier molecular flexibility index (Phi) is 4.07. The van der Waals surface area contributed by atoms with Crippen LogP contribution in [0.1, 0.15) is 57.8 Å². The van der Waals surface area contributed by atoms with Gasteiger partial charge in [-0.3, -0.25) is 0 Å². The molecule has 0 fully saturated rings. The van der Waals surface area contributed by atoms with Gasteiger partial charge in [0.25, 0.3) is 0 Å². The van der Waals surface area contributed by atoms with Crippen LogP contribution in [0, 0.1) is 0 Å². The van der Waals surface area contributed by atoms with Crippen molar-refractivity contribution in [3.8, 4) is 0 Å². The van der Waals surface area contributed by atoms with Gasteiger partial charge in [0.1, 0.15) is 0 Å². The van der Waals surface area contributed by atoms with Crippen LogP contribution >= 0.6 is 0 Å². The van der Waals surface area contributed by atoms with Gasteiger partial charge in [-0.2, -0.15) is 0 Å². The molecule has 2 N–H and O–H groups in total. The third-order valence-electron chi connectivity index (χ3n) is 2.55. The lowest BCUT2D eigenvalue weighted by Gasteiger charge is -2.07. The molecule has 0 aromatic carbocycles. The molecule has 1 aromatic rings. The molecule has 0 aliphatic heterocycles. The largest absolute Gasteiger partial charge is 0.323 e. The second kappa shape index (κ2) is 5.10. The summed E-state index contributed by atoms with van der Waals surface area (Å²) in [6, 6.07) is 0.447. The van der Waals surface area contributed by atoms with E-state index in [4.69, 9.17) is 5.73 Å². The molecule has 1 aromatic heterocycles. The van der Waals surface area contributed by atoms with E-state index in [1.165, 1.54) is 0 Å². The normalized spacial score (nSPS) is 15.4. The lowest BCUT2D eigenvalue weighted by molar-refractivity contribution is 0.464.